The number of benzene rings is 2. The summed E-state index contributed by atoms with van der Waals surface area (Å²) in [6.07, 6.45) is 5.43. The van der Waals surface area contributed by atoms with Gasteiger partial charge in [0.1, 0.15) is 5.75 Å². The minimum Gasteiger partial charge on any atom is -0.496 e. The van der Waals surface area contributed by atoms with E-state index in [0.29, 0.717) is 24.8 Å². The van der Waals surface area contributed by atoms with E-state index in [2.05, 4.69) is 43.4 Å². The zero-order chi connectivity index (χ0) is 26.1. The molecule has 1 aliphatic carbocycles. The normalized spacial score (nSPS) is 15.6. The van der Waals surface area contributed by atoms with Crippen molar-refractivity contribution in [1.82, 2.24) is 5.32 Å². The first-order valence-electron chi connectivity index (χ1n) is 12.9. The van der Waals surface area contributed by atoms with Crippen LogP contribution in [0.2, 0.25) is 0 Å². The highest BCUT2D eigenvalue weighted by atomic mass is 16.5. The Morgan fingerprint density at radius 3 is 2.50 bits per heavy atom. The second kappa shape index (κ2) is 13.0. The largest absolute Gasteiger partial charge is 0.496 e. The van der Waals surface area contributed by atoms with Gasteiger partial charge in [-0.15, -0.1) is 0 Å². The molecular weight excluding hydrogens is 454 g/mol. The van der Waals surface area contributed by atoms with E-state index in [0.717, 1.165) is 30.4 Å². The molecule has 0 aliphatic heterocycles. The number of carbonyl (C=O) groups excluding carboxylic acids is 1. The molecule has 0 spiro atoms. The van der Waals surface area contributed by atoms with Gasteiger partial charge in [-0.2, -0.15) is 0 Å². The van der Waals surface area contributed by atoms with Gasteiger partial charge >= 0.3 is 5.97 Å². The number of nitrogens with one attached hydrogen (secondary N) is 1. The van der Waals surface area contributed by atoms with Crippen LogP contribution in [0, 0.1) is 5.92 Å². The molecular formula is C30H41NO5. The van der Waals surface area contributed by atoms with Gasteiger partial charge in [0.05, 0.1) is 32.5 Å². The van der Waals surface area contributed by atoms with E-state index >= 15 is 0 Å². The second-order valence-corrected chi connectivity index (χ2v) is 10.2. The number of hydrogen-bond donors (Lipinski definition) is 2. The van der Waals surface area contributed by atoms with E-state index in [9.17, 15) is 9.90 Å². The Morgan fingerprint density at radius 1 is 1.17 bits per heavy atom. The van der Waals surface area contributed by atoms with Crippen LogP contribution < -0.4 is 10.1 Å². The molecule has 2 aromatic rings. The Kier molecular flexibility index (Phi) is 10.1. The molecule has 0 unspecified atom stereocenters. The minimum absolute atomic E-state index is 0.0861. The quantitative estimate of drug-likeness (QED) is 0.305. The Morgan fingerprint density at radius 2 is 1.86 bits per heavy atom. The maximum Gasteiger partial charge on any atom is 0.330 e. The van der Waals surface area contributed by atoms with E-state index in [-0.39, 0.29) is 18.2 Å². The van der Waals surface area contributed by atoms with Crippen LogP contribution in [0.5, 0.6) is 5.75 Å². The summed E-state index contributed by atoms with van der Waals surface area (Å²) in [7, 11) is 1.59. The van der Waals surface area contributed by atoms with Gasteiger partial charge in [0.2, 0.25) is 0 Å². The molecule has 0 saturated carbocycles. The Labute approximate surface area is 215 Å². The minimum atomic E-state index is -0.642. The second-order valence-electron chi connectivity index (χ2n) is 10.2. The topological polar surface area (TPSA) is 77.0 Å². The smallest absolute Gasteiger partial charge is 0.330 e. The van der Waals surface area contributed by atoms with Crippen molar-refractivity contribution in [2.75, 3.05) is 26.9 Å². The number of carbonyl (C=O) groups is 1. The van der Waals surface area contributed by atoms with Gasteiger partial charge in [-0.25, -0.2) is 4.79 Å². The van der Waals surface area contributed by atoms with Crippen LogP contribution in [0.4, 0.5) is 0 Å². The van der Waals surface area contributed by atoms with Gasteiger partial charge in [0, 0.05) is 23.7 Å². The number of methoxy groups -OCH3 is 1. The molecule has 0 aromatic heterocycles. The molecule has 6 nitrogen and oxygen atoms in total. The van der Waals surface area contributed by atoms with Crippen molar-refractivity contribution < 1.29 is 24.1 Å². The van der Waals surface area contributed by atoms with Crippen molar-refractivity contribution in [3.63, 3.8) is 0 Å². The maximum atomic E-state index is 11.8. The van der Waals surface area contributed by atoms with Gasteiger partial charge in [-0.1, -0.05) is 36.4 Å². The fraction of sp³-hybridized carbons (Fsp3) is 0.500. The van der Waals surface area contributed by atoms with Crippen molar-refractivity contribution in [2.45, 2.75) is 64.7 Å². The lowest BCUT2D eigenvalue weighted by Crippen LogP contribution is -2.45. The fourth-order valence-electron chi connectivity index (χ4n) is 5.00. The maximum absolute atomic E-state index is 11.8. The first-order chi connectivity index (χ1) is 17.2. The van der Waals surface area contributed by atoms with E-state index in [1.807, 2.05) is 25.1 Å². The third-order valence-electron chi connectivity index (χ3n) is 6.72. The number of aliphatic hydroxyl groups excluding tert-OH is 1. The summed E-state index contributed by atoms with van der Waals surface area (Å²) in [4.78, 5) is 11.8. The van der Waals surface area contributed by atoms with E-state index in [4.69, 9.17) is 14.2 Å². The summed E-state index contributed by atoms with van der Waals surface area (Å²) in [6.45, 7) is 9.06. The van der Waals surface area contributed by atoms with Crippen molar-refractivity contribution in [2.24, 2.45) is 5.92 Å². The number of hydrogen-bond acceptors (Lipinski definition) is 6. The summed E-state index contributed by atoms with van der Waals surface area (Å²) in [5.41, 5.74) is 4.48. The zero-order valence-electron chi connectivity index (χ0n) is 22.3. The van der Waals surface area contributed by atoms with Crippen LogP contribution in [-0.2, 0) is 27.1 Å². The van der Waals surface area contributed by atoms with Crippen molar-refractivity contribution >= 4 is 12.0 Å². The van der Waals surface area contributed by atoms with Crippen LogP contribution in [0.25, 0.3) is 6.08 Å². The molecule has 0 heterocycles. The Balaban J connectivity index is 1.51. The van der Waals surface area contributed by atoms with E-state index in [1.54, 1.807) is 20.1 Å². The van der Waals surface area contributed by atoms with Gasteiger partial charge in [0.15, 0.2) is 0 Å². The number of ether oxygens (including phenoxy) is 3. The van der Waals surface area contributed by atoms with Gasteiger partial charge in [-0.3, -0.25) is 0 Å². The molecule has 2 N–H and O–H groups in total. The number of aliphatic hydroxyl groups is 1. The SMILES string of the molecule is CCOC(=O)C=Cc1c(OC)cccc1[C@@H](C)OC[C@H](O)CNC(C)(C)CC1Cc2ccccc2C1. The number of rotatable bonds is 13. The summed E-state index contributed by atoms with van der Waals surface area (Å²) >= 11 is 0. The highest BCUT2D eigenvalue weighted by Crippen LogP contribution is 2.32. The first kappa shape index (κ1) is 27.9. The number of β-amino-alcohol motifs (C(OH)–C–C–N with tert-alkyl or cyclic N) is 1. The van der Waals surface area contributed by atoms with Crippen LogP contribution in [0.15, 0.2) is 48.5 Å². The lowest BCUT2D eigenvalue weighted by molar-refractivity contribution is -0.137. The molecule has 2 aromatic carbocycles. The Bertz CT molecular complexity index is 1010. The molecule has 0 radical (unpaired) electrons. The summed E-state index contributed by atoms with van der Waals surface area (Å²) < 4.78 is 16.5. The molecule has 196 valence electrons. The molecule has 3 rings (SSSR count). The van der Waals surface area contributed by atoms with Crippen molar-refractivity contribution in [1.29, 1.82) is 0 Å². The lowest BCUT2D eigenvalue weighted by Gasteiger charge is -2.31. The van der Waals surface area contributed by atoms with Gasteiger partial charge in [0.25, 0.3) is 0 Å². The third kappa shape index (κ3) is 7.92. The monoisotopic (exact) mass is 495 g/mol. The van der Waals surface area contributed by atoms with Crippen molar-refractivity contribution in [3.8, 4) is 5.75 Å². The summed E-state index contributed by atoms with van der Waals surface area (Å²) in [5.74, 6) is 0.850. The molecule has 0 amide bonds. The third-order valence-corrected chi connectivity index (χ3v) is 6.72. The predicted molar refractivity (Wildman–Crippen MR) is 143 cm³/mol. The van der Waals surface area contributed by atoms with E-state index < -0.39 is 12.1 Å². The van der Waals surface area contributed by atoms with Gasteiger partial charge in [-0.05, 0) is 81.7 Å². The van der Waals surface area contributed by atoms with Crippen LogP contribution in [0.1, 0.15) is 62.5 Å². The number of fused-ring (bicyclic) bond motifs is 1. The highest BCUT2D eigenvalue weighted by molar-refractivity contribution is 5.88. The molecule has 36 heavy (non-hydrogen) atoms. The van der Waals surface area contributed by atoms with Crippen LogP contribution >= 0.6 is 0 Å². The van der Waals surface area contributed by atoms with Crippen LogP contribution in [-0.4, -0.2) is 49.6 Å². The average Bonchev–Trinajstić information content (AvgIpc) is 3.26. The lowest BCUT2D eigenvalue weighted by atomic mass is 9.88. The summed E-state index contributed by atoms with van der Waals surface area (Å²) in [6, 6.07) is 14.4. The first-order valence-corrected chi connectivity index (χ1v) is 12.9. The Hall–Kier alpha value is -2.67. The fourth-order valence-corrected chi connectivity index (χ4v) is 5.00. The number of esters is 1. The molecule has 0 saturated heterocycles. The van der Waals surface area contributed by atoms with Gasteiger partial charge < -0.3 is 24.6 Å². The standard InChI is InChI=1S/C30H41NO5/c1-6-35-29(33)15-14-27-26(12-9-13-28(27)34-5)21(2)36-20-25(32)19-31-30(3,4)18-22-16-23-10-7-8-11-24(23)17-22/h7-15,21-22,25,31-32H,6,16-20H2,1-5H3/t21-,25-/m1/s1. The highest BCUT2D eigenvalue weighted by Gasteiger charge is 2.28. The average molecular weight is 496 g/mol. The van der Waals surface area contributed by atoms with E-state index in [1.165, 1.54) is 17.2 Å². The zero-order valence-corrected chi connectivity index (χ0v) is 22.3. The van der Waals surface area contributed by atoms with Crippen molar-refractivity contribution in [3.05, 3.63) is 70.8 Å². The van der Waals surface area contributed by atoms with Crippen LogP contribution in [0.3, 0.4) is 0 Å². The molecule has 0 fully saturated rings. The molecule has 1 aliphatic rings. The molecule has 2 atom stereocenters. The summed E-state index contributed by atoms with van der Waals surface area (Å²) in [5, 5.41) is 14.2. The molecule has 6 heteroatoms. The molecule has 0 bridgehead atoms. The predicted octanol–water partition coefficient (Wildman–Crippen LogP) is 4.88.